The van der Waals surface area contributed by atoms with E-state index in [1.165, 1.54) is 0 Å². The molecule has 2 rings (SSSR count). The summed E-state index contributed by atoms with van der Waals surface area (Å²) < 4.78 is 7.67. The molecule has 0 aliphatic heterocycles. The highest BCUT2D eigenvalue weighted by molar-refractivity contribution is 9.10. The minimum Gasteiger partial charge on any atom is -0.408 e. The van der Waals surface area contributed by atoms with Crippen LogP contribution in [0.2, 0.25) is 0 Å². The second-order valence-corrected chi connectivity index (χ2v) is 5.08. The minimum absolute atomic E-state index is 0.372. The van der Waals surface area contributed by atoms with Crippen molar-refractivity contribution in [3.63, 3.8) is 0 Å². The molecule has 0 aliphatic rings. The first-order valence-corrected chi connectivity index (χ1v) is 6.83. The third-order valence-corrected chi connectivity index (χ3v) is 3.45. The number of aromatic nitrogens is 1. The Kier molecular flexibility index (Phi) is 4.40. The maximum Gasteiger partial charge on any atom is 0.421 e. The highest BCUT2D eigenvalue weighted by Crippen LogP contribution is 2.19. The van der Waals surface area contributed by atoms with E-state index in [0.717, 1.165) is 16.5 Å². The molecular formula is C13H14BrN3O2. The predicted octanol–water partition coefficient (Wildman–Crippen LogP) is 2.55. The molecule has 2 aromatic rings. The van der Waals surface area contributed by atoms with Crippen molar-refractivity contribution in [1.82, 2.24) is 9.47 Å². The van der Waals surface area contributed by atoms with Gasteiger partial charge in [-0.2, -0.15) is 5.26 Å². The number of hydrogen-bond acceptors (Lipinski definition) is 4. The van der Waals surface area contributed by atoms with Crippen LogP contribution >= 0.6 is 15.9 Å². The van der Waals surface area contributed by atoms with Crippen LogP contribution in [0.15, 0.2) is 31.9 Å². The fourth-order valence-electron chi connectivity index (χ4n) is 1.91. The van der Waals surface area contributed by atoms with Gasteiger partial charge in [-0.05, 0) is 24.7 Å². The molecule has 0 bridgehead atoms. The number of oxazole rings is 1. The lowest BCUT2D eigenvalue weighted by Crippen LogP contribution is -2.31. The fraction of sp³-hybridized carbons (Fsp3) is 0.385. The number of benzene rings is 1. The highest BCUT2D eigenvalue weighted by Gasteiger charge is 2.12. The van der Waals surface area contributed by atoms with Crippen LogP contribution < -0.4 is 5.76 Å². The average Bonchev–Trinajstić information content (AvgIpc) is 2.69. The van der Waals surface area contributed by atoms with E-state index < -0.39 is 0 Å². The zero-order valence-electron chi connectivity index (χ0n) is 10.6. The number of fused-ring (bicyclic) bond motifs is 1. The maximum atomic E-state index is 11.9. The van der Waals surface area contributed by atoms with Gasteiger partial charge in [0.1, 0.15) is 0 Å². The Labute approximate surface area is 119 Å². The molecule has 0 radical (unpaired) electrons. The van der Waals surface area contributed by atoms with Crippen LogP contribution in [0, 0.1) is 11.3 Å². The summed E-state index contributed by atoms with van der Waals surface area (Å²) in [6.45, 7) is 3.85. The van der Waals surface area contributed by atoms with Gasteiger partial charge in [-0.3, -0.25) is 9.47 Å². The van der Waals surface area contributed by atoms with Crippen LogP contribution in [-0.4, -0.2) is 22.6 Å². The van der Waals surface area contributed by atoms with Gasteiger partial charge in [0.15, 0.2) is 5.58 Å². The van der Waals surface area contributed by atoms with E-state index in [9.17, 15) is 4.79 Å². The van der Waals surface area contributed by atoms with E-state index in [0.29, 0.717) is 25.2 Å². The van der Waals surface area contributed by atoms with Gasteiger partial charge >= 0.3 is 5.76 Å². The predicted molar refractivity (Wildman–Crippen MR) is 75.7 cm³/mol. The van der Waals surface area contributed by atoms with Crippen molar-refractivity contribution < 1.29 is 4.42 Å². The largest absolute Gasteiger partial charge is 0.421 e. The lowest BCUT2D eigenvalue weighted by atomic mass is 10.3. The third kappa shape index (κ3) is 3.06. The lowest BCUT2D eigenvalue weighted by Gasteiger charge is -2.18. The number of hydrogen-bond donors (Lipinski definition) is 0. The zero-order chi connectivity index (χ0) is 13.8. The summed E-state index contributed by atoms with van der Waals surface area (Å²) in [6, 6.07) is 7.61. The molecule has 1 aromatic carbocycles. The Morgan fingerprint density at radius 2 is 2.32 bits per heavy atom. The normalized spacial score (nSPS) is 11.1. The smallest absolute Gasteiger partial charge is 0.408 e. The maximum absolute atomic E-state index is 11.9. The van der Waals surface area contributed by atoms with Crippen LogP contribution in [0.5, 0.6) is 0 Å². The summed E-state index contributed by atoms with van der Waals surface area (Å²) in [5.74, 6) is -0.372. The molecule has 6 heteroatoms. The summed E-state index contributed by atoms with van der Waals surface area (Å²) in [6.07, 6.45) is 0.448. The van der Waals surface area contributed by atoms with E-state index in [2.05, 4.69) is 22.0 Å². The third-order valence-electron chi connectivity index (χ3n) is 2.96. The Morgan fingerprint density at radius 3 is 3.00 bits per heavy atom. The molecule has 0 spiro atoms. The van der Waals surface area contributed by atoms with E-state index in [4.69, 9.17) is 9.68 Å². The summed E-state index contributed by atoms with van der Waals surface area (Å²) >= 11 is 3.35. The SMILES string of the molecule is CCN(CCC#N)Cn1c(=O)oc2cc(Br)ccc21. The first kappa shape index (κ1) is 13.8. The van der Waals surface area contributed by atoms with Crippen LogP contribution in [-0.2, 0) is 6.67 Å². The van der Waals surface area contributed by atoms with Crippen molar-refractivity contribution in [3.8, 4) is 6.07 Å². The molecule has 5 nitrogen and oxygen atoms in total. The van der Waals surface area contributed by atoms with Crippen LogP contribution in [0.25, 0.3) is 11.1 Å². The van der Waals surface area contributed by atoms with Crippen LogP contribution in [0.1, 0.15) is 13.3 Å². The first-order chi connectivity index (χ1) is 9.15. The number of nitriles is 1. The van der Waals surface area contributed by atoms with Crippen molar-refractivity contribution in [2.75, 3.05) is 13.1 Å². The molecule has 0 amide bonds. The molecule has 0 N–H and O–H groups in total. The van der Waals surface area contributed by atoms with Gasteiger partial charge in [-0.15, -0.1) is 0 Å². The van der Waals surface area contributed by atoms with Gasteiger partial charge in [-0.25, -0.2) is 4.79 Å². The Morgan fingerprint density at radius 1 is 1.53 bits per heavy atom. The first-order valence-electron chi connectivity index (χ1n) is 6.04. The molecular weight excluding hydrogens is 310 g/mol. The van der Waals surface area contributed by atoms with E-state index in [1.807, 2.05) is 24.0 Å². The van der Waals surface area contributed by atoms with Crippen LogP contribution in [0.4, 0.5) is 0 Å². The topological polar surface area (TPSA) is 62.2 Å². The lowest BCUT2D eigenvalue weighted by molar-refractivity contribution is 0.229. The van der Waals surface area contributed by atoms with Crippen molar-refractivity contribution in [3.05, 3.63) is 33.2 Å². The van der Waals surface area contributed by atoms with Crippen molar-refractivity contribution in [2.24, 2.45) is 0 Å². The van der Waals surface area contributed by atoms with Gasteiger partial charge in [0.2, 0.25) is 0 Å². The summed E-state index contributed by atoms with van der Waals surface area (Å²) in [4.78, 5) is 13.9. The van der Waals surface area contributed by atoms with E-state index >= 15 is 0 Å². The molecule has 1 heterocycles. The number of nitrogens with zero attached hydrogens (tertiary/aromatic N) is 3. The van der Waals surface area contributed by atoms with Crippen molar-refractivity contribution in [1.29, 1.82) is 5.26 Å². The van der Waals surface area contributed by atoms with Crippen molar-refractivity contribution in [2.45, 2.75) is 20.0 Å². The highest BCUT2D eigenvalue weighted by atomic mass is 79.9. The van der Waals surface area contributed by atoms with E-state index in [1.54, 1.807) is 10.6 Å². The summed E-state index contributed by atoms with van der Waals surface area (Å²) in [5.41, 5.74) is 1.33. The molecule has 0 aliphatic carbocycles. The zero-order valence-corrected chi connectivity index (χ0v) is 12.2. The second kappa shape index (κ2) is 6.04. The molecule has 0 atom stereocenters. The quantitative estimate of drug-likeness (QED) is 0.848. The van der Waals surface area contributed by atoms with Gasteiger partial charge < -0.3 is 4.42 Å². The van der Waals surface area contributed by atoms with Gasteiger partial charge in [0.25, 0.3) is 0 Å². The van der Waals surface area contributed by atoms with Crippen LogP contribution in [0.3, 0.4) is 0 Å². The molecule has 0 fully saturated rings. The molecule has 0 saturated carbocycles. The second-order valence-electron chi connectivity index (χ2n) is 4.17. The number of halogens is 1. The molecule has 1 aromatic heterocycles. The average molecular weight is 324 g/mol. The molecule has 19 heavy (non-hydrogen) atoms. The number of rotatable bonds is 5. The summed E-state index contributed by atoms with van der Waals surface area (Å²) in [7, 11) is 0. The Balaban J connectivity index is 2.32. The standard InChI is InChI=1S/C13H14BrN3O2/c1-2-16(7-3-6-15)9-17-11-5-4-10(14)8-12(11)19-13(17)18/h4-5,8H,2-3,7,9H2,1H3. The monoisotopic (exact) mass is 323 g/mol. The summed E-state index contributed by atoms with van der Waals surface area (Å²) in [5, 5.41) is 8.62. The molecule has 100 valence electrons. The Bertz CT molecular complexity index is 669. The van der Waals surface area contributed by atoms with Gasteiger partial charge in [-0.1, -0.05) is 22.9 Å². The van der Waals surface area contributed by atoms with Gasteiger partial charge in [0, 0.05) is 17.4 Å². The van der Waals surface area contributed by atoms with E-state index in [-0.39, 0.29) is 5.76 Å². The van der Waals surface area contributed by atoms with Crippen molar-refractivity contribution >= 4 is 27.0 Å². The minimum atomic E-state index is -0.372. The molecule has 0 unspecified atom stereocenters. The Hall–Kier alpha value is -1.58. The fourth-order valence-corrected chi connectivity index (χ4v) is 2.25. The molecule has 0 saturated heterocycles. The van der Waals surface area contributed by atoms with Gasteiger partial charge in [0.05, 0.1) is 18.3 Å².